The first-order chi connectivity index (χ1) is 15.3. The number of carbonyl (C=O) groups excluding carboxylic acids is 1. The van der Waals surface area contributed by atoms with E-state index in [-0.39, 0.29) is 17.8 Å². The van der Waals surface area contributed by atoms with Crippen molar-refractivity contribution < 1.29 is 9.53 Å². The first kappa shape index (κ1) is 22.3. The standard InChI is InChI=1S/C27H24ClNO2S/c1-27(2,3)25-16-19(11-12-29-25)20-15-24(32-17-20)22-10-9-18(13-23(22)28)14-26(30)31-21-7-5-4-6-8-21/h4-13,15-17H,14H2,1-3H3. The molecule has 0 spiro atoms. The van der Waals surface area contributed by atoms with Gasteiger partial charge in [0.1, 0.15) is 5.75 Å². The van der Waals surface area contributed by atoms with Crippen molar-refractivity contribution in [2.75, 3.05) is 0 Å². The number of hydrogen-bond acceptors (Lipinski definition) is 4. The summed E-state index contributed by atoms with van der Waals surface area (Å²) in [5, 5.41) is 2.76. The van der Waals surface area contributed by atoms with E-state index in [1.54, 1.807) is 23.5 Å². The van der Waals surface area contributed by atoms with Crippen molar-refractivity contribution in [1.82, 2.24) is 4.98 Å². The zero-order valence-electron chi connectivity index (χ0n) is 18.3. The van der Waals surface area contributed by atoms with Gasteiger partial charge in [0, 0.05) is 32.8 Å². The summed E-state index contributed by atoms with van der Waals surface area (Å²) in [7, 11) is 0. The molecule has 2 aromatic heterocycles. The largest absolute Gasteiger partial charge is 0.426 e. The van der Waals surface area contributed by atoms with Gasteiger partial charge in [-0.15, -0.1) is 11.3 Å². The fourth-order valence-corrected chi connectivity index (χ4v) is 4.66. The Labute approximate surface area is 197 Å². The molecule has 2 aromatic carbocycles. The Morgan fingerprint density at radius 2 is 1.78 bits per heavy atom. The maximum Gasteiger partial charge on any atom is 0.315 e. The van der Waals surface area contributed by atoms with Crippen LogP contribution in [0.15, 0.2) is 78.3 Å². The average molecular weight is 462 g/mol. The Morgan fingerprint density at radius 3 is 2.50 bits per heavy atom. The van der Waals surface area contributed by atoms with Crippen LogP contribution in [0.2, 0.25) is 5.02 Å². The Kier molecular flexibility index (Phi) is 6.45. The molecule has 0 saturated heterocycles. The van der Waals surface area contributed by atoms with Gasteiger partial charge in [0.25, 0.3) is 0 Å². The van der Waals surface area contributed by atoms with Gasteiger partial charge in [0.05, 0.1) is 6.42 Å². The van der Waals surface area contributed by atoms with Crippen LogP contribution in [0.3, 0.4) is 0 Å². The average Bonchev–Trinajstić information content (AvgIpc) is 3.24. The summed E-state index contributed by atoms with van der Waals surface area (Å²) < 4.78 is 5.37. The zero-order chi connectivity index (χ0) is 22.7. The fraction of sp³-hybridized carbons (Fsp3) is 0.185. The van der Waals surface area contributed by atoms with Gasteiger partial charge in [0.2, 0.25) is 0 Å². The topological polar surface area (TPSA) is 39.2 Å². The highest BCUT2D eigenvalue weighted by Crippen LogP contribution is 2.37. The summed E-state index contributed by atoms with van der Waals surface area (Å²) in [5.41, 5.74) is 5.12. The monoisotopic (exact) mass is 461 g/mol. The number of aromatic nitrogens is 1. The first-order valence-corrected chi connectivity index (χ1v) is 11.7. The van der Waals surface area contributed by atoms with E-state index >= 15 is 0 Å². The second kappa shape index (κ2) is 9.27. The van der Waals surface area contributed by atoms with Gasteiger partial charge in [0.15, 0.2) is 0 Å². The van der Waals surface area contributed by atoms with Crippen LogP contribution < -0.4 is 4.74 Å². The zero-order valence-corrected chi connectivity index (χ0v) is 19.8. The molecule has 0 unspecified atom stereocenters. The third-order valence-corrected chi connectivity index (χ3v) is 6.36. The van der Waals surface area contributed by atoms with Crippen molar-refractivity contribution in [3.05, 3.63) is 94.6 Å². The molecule has 32 heavy (non-hydrogen) atoms. The minimum Gasteiger partial charge on any atom is -0.426 e. The van der Waals surface area contributed by atoms with Crippen LogP contribution >= 0.6 is 22.9 Å². The Morgan fingerprint density at radius 1 is 1.00 bits per heavy atom. The number of esters is 1. The predicted molar refractivity (Wildman–Crippen MR) is 132 cm³/mol. The van der Waals surface area contributed by atoms with Gasteiger partial charge in [-0.25, -0.2) is 0 Å². The molecule has 4 rings (SSSR count). The molecule has 3 nitrogen and oxygen atoms in total. The number of pyridine rings is 1. The molecule has 4 aromatic rings. The maximum atomic E-state index is 12.2. The second-order valence-electron chi connectivity index (χ2n) is 8.66. The van der Waals surface area contributed by atoms with Crippen molar-refractivity contribution >= 4 is 28.9 Å². The van der Waals surface area contributed by atoms with Crippen molar-refractivity contribution in [3.63, 3.8) is 0 Å². The Hall–Kier alpha value is -2.95. The molecule has 0 aliphatic rings. The maximum absolute atomic E-state index is 12.2. The summed E-state index contributed by atoms with van der Waals surface area (Å²) >= 11 is 8.24. The molecule has 0 saturated carbocycles. The number of hydrogen-bond donors (Lipinski definition) is 0. The quantitative estimate of drug-likeness (QED) is 0.227. The Balaban J connectivity index is 1.51. The van der Waals surface area contributed by atoms with Crippen LogP contribution in [-0.2, 0) is 16.6 Å². The molecule has 0 N–H and O–H groups in total. The number of rotatable bonds is 5. The number of ether oxygens (including phenoxy) is 1. The molecule has 0 atom stereocenters. The lowest BCUT2D eigenvalue weighted by Crippen LogP contribution is -2.13. The lowest BCUT2D eigenvalue weighted by Gasteiger charge is -2.18. The highest BCUT2D eigenvalue weighted by molar-refractivity contribution is 7.14. The summed E-state index contributed by atoms with van der Waals surface area (Å²) in [6.07, 6.45) is 2.03. The number of carbonyl (C=O) groups is 1. The summed E-state index contributed by atoms with van der Waals surface area (Å²) in [6, 6.07) is 21.1. The van der Waals surface area contributed by atoms with Crippen molar-refractivity contribution in [3.8, 4) is 27.3 Å². The third kappa shape index (κ3) is 5.26. The van der Waals surface area contributed by atoms with E-state index in [1.165, 1.54) is 0 Å². The smallest absolute Gasteiger partial charge is 0.315 e. The van der Waals surface area contributed by atoms with Crippen LogP contribution in [0.5, 0.6) is 5.75 Å². The highest BCUT2D eigenvalue weighted by Gasteiger charge is 2.17. The minimum atomic E-state index is -0.314. The number of nitrogens with zero attached hydrogens (tertiary/aromatic N) is 1. The van der Waals surface area contributed by atoms with Gasteiger partial charge in [-0.1, -0.05) is 62.7 Å². The van der Waals surface area contributed by atoms with Crippen molar-refractivity contribution in [1.29, 1.82) is 0 Å². The van der Waals surface area contributed by atoms with Crippen molar-refractivity contribution in [2.45, 2.75) is 32.6 Å². The normalized spacial score (nSPS) is 11.4. The van der Waals surface area contributed by atoms with Gasteiger partial charge in [-0.2, -0.15) is 0 Å². The molecule has 162 valence electrons. The van der Waals surface area contributed by atoms with E-state index < -0.39 is 0 Å². The SMILES string of the molecule is CC(C)(C)c1cc(-c2csc(-c3ccc(CC(=O)Oc4ccccc4)cc3Cl)c2)ccn1. The van der Waals surface area contributed by atoms with Gasteiger partial charge in [-0.3, -0.25) is 9.78 Å². The lowest BCUT2D eigenvalue weighted by molar-refractivity contribution is -0.133. The molecule has 0 radical (unpaired) electrons. The van der Waals surface area contributed by atoms with E-state index in [0.29, 0.717) is 10.8 Å². The van der Waals surface area contributed by atoms with Crippen LogP contribution in [0.1, 0.15) is 32.0 Å². The van der Waals surface area contributed by atoms with E-state index in [2.05, 4.69) is 43.3 Å². The van der Waals surface area contributed by atoms with Crippen LogP contribution in [0.4, 0.5) is 0 Å². The molecular formula is C27H24ClNO2S. The number of thiophene rings is 1. The Bertz CT molecular complexity index is 1240. The van der Waals surface area contributed by atoms with Gasteiger partial charge < -0.3 is 4.74 Å². The minimum absolute atomic E-state index is 0.00431. The van der Waals surface area contributed by atoms with E-state index in [0.717, 1.165) is 32.8 Å². The molecule has 0 bridgehead atoms. The molecule has 0 amide bonds. The van der Waals surface area contributed by atoms with Crippen molar-refractivity contribution in [2.24, 2.45) is 0 Å². The fourth-order valence-electron chi connectivity index (χ4n) is 3.34. The van der Waals surface area contributed by atoms with E-state index in [1.807, 2.05) is 48.7 Å². The molecule has 0 fully saturated rings. The molecule has 0 aliphatic heterocycles. The second-order valence-corrected chi connectivity index (χ2v) is 9.98. The van der Waals surface area contributed by atoms with Crippen LogP contribution in [-0.4, -0.2) is 11.0 Å². The van der Waals surface area contributed by atoms with Crippen LogP contribution in [0.25, 0.3) is 21.6 Å². The van der Waals surface area contributed by atoms with E-state index in [9.17, 15) is 4.79 Å². The summed E-state index contributed by atoms with van der Waals surface area (Å²) in [5.74, 6) is 0.225. The molecule has 2 heterocycles. The molecule has 0 aliphatic carbocycles. The van der Waals surface area contributed by atoms with Gasteiger partial charge >= 0.3 is 5.97 Å². The van der Waals surface area contributed by atoms with E-state index in [4.69, 9.17) is 16.3 Å². The predicted octanol–water partition coefficient (Wildman–Crippen LogP) is 7.58. The lowest BCUT2D eigenvalue weighted by atomic mass is 9.90. The van der Waals surface area contributed by atoms with Crippen LogP contribution in [0, 0.1) is 0 Å². The number of benzene rings is 2. The molecule has 5 heteroatoms. The molecular weight excluding hydrogens is 438 g/mol. The third-order valence-electron chi connectivity index (χ3n) is 5.08. The van der Waals surface area contributed by atoms with Gasteiger partial charge in [-0.05, 0) is 58.5 Å². The summed E-state index contributed by atoms with van der Waals surface area (Å²) in [4.78, 5) is 17.8. The highest BCUT2D eigenvalue weighted by atomic mass is 35.5. The number of halogens is 1. The first-order valence-electron chi connectivity index (χ1n) is 10.4. The summed E-state index contributed by atoms with van der Waals surface area (Å²) in [6.45, 7) is 6.49. The number of para-hydroxylation sites is 1.